The molecule has 2 aromatic rings. The molecule has 1 N–H and O–H groups in total. The molecule has 4 heteroatoms. The number of rotatable bonds is 5. The molecular weight excluding hydrogens is 255 g/mol. The van der Waals surface area contributed by atoms with E-state index in [1.54, 1.807) is 19.2 Å². The molecule has 2 rings (SSSR count). The molecule has 0 bridgehead atoms. The number of nitrogens with one attached hydrogen (secondary N) is 1. The Morgan fingerprint density at radius 1 is 1.25 bits per heavy atom. The normalized spacial score (nSPS) is 10.1. The smallest absolute Gasteiger partial charge is 0.129 e. The first-order chi connectivity index (χ1) is 9.72. The van der Waals surface area contributed by atoms with Gasteiger partial charge in [0.2, 0.25) is 0 Å². The van der Waals surface area contributed by atoms with E-state index >= 15 is 0 Å². The maximum Gasteiger partial charge on any atom is 0.129 e. The van der Waals surface area contributed by atoms with Crippen molar-refractivity contribution in [3.05, 3.63) is 65.0 Å². The van der Waals surface area contributed by atoms with Gasteiger partial charge in [0.1, 0.15) is 5.82 Å². The lowest BCUT2D eigenvalue weighted by atomic mass is 10.1. The average Bonchev–Trinajstić information content (AvgIpc) is 2.46. The van der Waals surface area contributed by atoms with Gasteiger partial charge < -0.3 is 10.1 Å². The number of ether oxygens (including phenoxy) is 1. The number of anilines is 1. The molecule has 0 heterocycles. The van der Waals surface area contributed by atoms with E-state index in [4.69, 9.17) is 10.00 Å². The molecule has 0 saturated carbocycles. The van der Waals surface area contributed by atoms with Crippen molar-refractivity contribution < 1.29 is 9.13 Å². The van der Waals surface area contributed by atoms with Crippen LogP contribution in [-0.2, 0) is 17.9 Å². The second-order valence-electron chi connectivity index (χ2n) is 4.40. The molecule has 0 atom stereocenters. The van der Waals surface area contributed by atoms with Crippen molar-refractivity contribution in [3.8, 4) is 6.07 Å². The Morgan fingerprint density at radius 2 is 2.10 bits per heavy atom. The van der Waals surface area contributed by atoms with E-state index in [1.165, 1.54) is 6.07 Å². The number of benzene rings is 2. The lowest BCUT2D eigenvalue weighted by Gasteiger charge is -2.09. The van der Waals surface area contributed by atoms with E-state index < -0.39 is 0 Å². The molecular formula is C16H15FN2O. The molecule has 0 saturated heterocycles. The van der Waals surface area contributed by atoms with Crippen LogP contribution in [0.4, 0.5) is 10.1 Å². The fraction of sp³-hybridized carbons (Fsp3) is 0.188. The zero-order chi connectivity index (χ0) is 14.4. The van der Waals surface area contributed by atoms with Crippen molar-refractivity contribution in [3.63, 3.8) is 0 Å². The lowest BCUT2D eigenvalue weighted by Crippen LogP contribution is -2.02. The number of methoxy groups -OCH3 is 1. The quantitative estimate of drug-likeness (QED) is 0.905. The highest BCUT2D eigenvalue weighted by atomic mass is 19.1. The van der Waals surface area contributed by atoms with Crippen LogP contribution < -0.4 is 5.32 Å². The van der Waals surface area contributed by atoms with Gasteiger partial charge in [0.05, 0.1) is 18.2 Å². The van der Waals surface area contributed by atoms with Gasteiger partial charge in [0.15, 0.2) is 0 Å². The minimum atomic E-state index is -0.371. The van der Waals surface area contributed by atoms with Crippen molar-refractivity contribution in [2.24, 2.45) is 0 Å². The highest BCUT2D eigenvalue weighted by Gasteiger charge is 2.03. The van der Waals surface area contributed by atoms with E-state index in [1.807, 2.05) is 30.3 Å². The molecule has 0 aliphatic heterocycles. The summed E-state index contributed by atoms with van der Waals surface area (Å²) in [5.41, 5.74) is 2.82. The molecule has 0 aliphatic carbocycles. The number of hydrogen-bond acceptors (Lipinski definition) is 3. The highest BCUT2D eigenvalue weighted by molar-refractivity contribution is 5.46. The van der Waals surface area contributed by atoms with Crippen LogP contribution in [0.5, 0.6) is 0 Å². The van der Waals surface area contributed by atoms with E-state index in [-0.39, 0.29) is 5.82 Å². The second-order valence-corrected chi connectivity index (χ2v) is 4.40. The molecule has 0 radical (unpaired) electrons. The molecule has 3 nitrogen and oxygen atoms in total. The molecule has 0 fully saturated rings. The predicted molar refractivity (Wildman–Crippen MR) is 75.6 cm³/mol. The van der Waals surface area contributed by atoms with Gasteiger partial charge >= 0.3 is 0 Å². The van der Waals surface area contributed by atoms with Gasteiger partial charge in [-0.25, -0.2) is 4.39 Å². The molecule has 102 valence electrons. The number of nitriles is 1. The SMILES string of the molecule is COCc1cccc(NCc2ccc(C#N)cc2F)c1. The van der Waals surface area contributed by atoms with Crippen LogP contribution in [0.15, 0.2) is 42.5 Å². The Kier molecular flexibility index (Phi) is 4.70. The summed E-state index contributed by atoms with van der Waals surface area (Å²) in [4.78, 5) is 0. The van der Waals surface area contributed by atoms with Gasteiger partial charge in [-0.15, -0.1) is 0 Å². The summed E-state index contributed by atoms with van der Waals surface area (Å²) in [6.45, 7) is 0.911. The third-order valence-corrected chi connectivity index (χ3v) is 2.90. The molecule has 2 aromatic carbocycles. The van der Waals surface area contributed by atoms with Gasteiger partial charge in [-0.05, 0) is 29.8 Å². The minimum Gasteiger partial charge on any atom is -0.381 e. The van der Waals surface area contributed by atoms with Gasteiger partial charge in [0, 0.05) is 24.9 Å². The summed E-state index contributed by atoms with van der Waals surface area (Å²) in [7, 11) is 1.65. The van der Waals surface area contributed by atoms with E-state index in [2.05, 4.69) is 5.32 Å². The van der Waals surface area contributed by atoms with Crippen molar-refractivity contribution in [1.29, 1.82) is 5.26 Å². The van der Waals surface area contributed by atoms with E-state index in [0.29, 0.717) is 24.3 Å². The standard InChI is InChI=1S/C16H15FN2O/c1-20-11-13-3-2-4-15(7-13)19-10-14-6-5-12(9-18)8-16(14)17/h2-8,19H,10-11H2,1H3. The topological polar surface area (TPSA) is 45.0 Å². The first kappa shape index (κ1) is 14.0. The van der Waals surface area contributed by atoms with E-state index in [0.717, 1.165) is 11.3 Å². The van der Waals surface area contributed by atoms with Gasteiger partial charge in [-0.1, -0.05) is 18.2 Å². The summed E-state index contributed by atoms with van der Waals surface area (Å²) in [6.07, 6.45) is 0. The molecule has 0 aliphatic rings. The van der Waals surface area contributed by atoms with Crippen molar-refractivity contribution in [2.45, 2.75) is 13.2 Å². The second kappa shape index (κ2) is 6.69. The summed E-state index contributed by atoms with van der Waals surface area (Å²) >= 11 is 0. The third kappa shape index (κ3) is 3.56. The predicted octanol–water partition coefficient (Wildman–Crippen LogP) is 3.46. The van der Waals surface area contributed by atoms with Crippen LogP contribution in [0.25, 0.3) is 0 Å². The van der Waals surface area contributed by atoms with Crippen LogP contribution in [0.1, 0.15) is 16.7 Å². The summed E-state index contributed by atoms with van der Waals surface area (Å²) in [5.74, 6) is -0.371. The van der Waals surface area contributed by atoms with Gasteiger partial charge in [-0.3, -0.25) is 0 Å². The van der Waals surface area contributed by atoms with Crippen molar-refractivity contribution in [2.75, 3.05) is 12.4 Å². The zero-order valence-electron chi connectivity index (χ0n) is 11.2. The highest BCUT2D eigenvalue weighted by Crippen LogP contribution is 2.15. The monoisotopic (exact) mass is 270 g/mol. The van der Waals surface area contributed by atoms with Gasteiger partial charge in [-0.2, -0.15) is 5.26 Å². The van der Waals surface area contributed by atoms with Crippen molar-refractivity contribution in [1.82, 2.24) is 0 Å². The summed E-state index contributed by atoms with van der Waals surface area (Å²) < 4.78 is 18.8. The van der Waals surface area contributed by atoms with Crippen LogP contribution in [0.2, 0.25) is 0 Å². The maximum atomic E-state index is 13.7. The number of hydrogen-bond donors (Lipinski definition) is 1. The maximum absolute atomic E-state index is 13.7. The first-order valence-electron chi connectivity index (χ1n) is 6.23. The lowest BCUT2D eigenvalue weighted by molar-refractivity contribution is 0.185. The molecule has 0 amide bonds. The Hall–Kier alpha value is -2.38. The Balaban J connectivity index is 2.05. The Bertz CT molecular complexity index is 635. The van der Waals surface area contributed by atoms with Crippen LogP contribution >= 0.6 is 0 Å². The largest absolute Gasteiger partial charge is 0.381 e. The molecule has 20 heavy (non-hydrogen) atoms. The Labute approximate surface area is 117 Å². The van der Waals surface area contributed by atoms with Crippen molar-refractivity contribution >= 4 is 5.69 Å². The summed E-state index contributed by atoms with van der Waals surface area (Å²) in [5, 5.41) is 11.9. The van der Waals surface area contributed by atoms with Gasteiger partial charge in [0.25, 0.3) is 0 Å². The minimum absolute atomic E-state index is 0.327. The molecule has 0 aromatic heterocycles. The van der Waals surface area contributed by atoms with E-state index in [9.17, 15) is 4.39 Å². The third-order valence-electron chi connectivity index (χ3n) is 2.90. The first-order valence-corrected chi connectivity index (χ1v) is 6.23. The van der Waals surface area contributed by atoms with Crippen LogP contribution in [0, 0.1) is 17.1 Å². The average molecular weight is 270 g/mol. The number of halogens is 1. The molecule has 0 unspecified atom stereocenters. The Morgan fingerprint density at radius 3 is 2.80 bits per heavy atom. The fourth-order valence-electron chi connectivity index (χ4n) is 1.90. The zero-order valence-corrected chi connectivity index (χ0v) is 11.2. The summed E-state index contributed by atoms with van der Waals surface area (Å²) in [6, 6.07) is 14.2. The number of nitrogens with zero attached hydrogens (tertiary/aromatic N) is 1. The van der Waals surface area contributed by atoms with Crippen LogP contribution in [-0.4, -0.2) is 7.11 Å². The fourth-order valence-corrected chi connectivity index (χ4v) is 1.90. The molecule has 0 spiro atoms. The van der Waals surface area contributed by atoms with Crippen LogP contribution in [0.3, 0.4) is 0 Å².